The quantitative estimate of drug-likeness (QED) is 0.564. The Balaban J connectivity index is 1.69. The van der Waals surface area contributed by atoms with Gasteiger partial charge in [0, 0.05) is 16.6 Å². The van der Waals surface area contributed by atoms with E-state index in [-0.39, 0.29) is 11.8 Å². The molecule has 2 aromatic carbocycles. The summed E-state index contributed by atoms with van der Waals surface area (Å²) in [5.74, 6) is -0.358. The Morgan fingerprint density at radius 1 is 0.938 bits per heavy atom. The molecular weight excluding hydrogens is 445 g/mol. The molecule has 1 aromatic heterocycles. The molecule has 1 fully saturated rings. The lowest BCUT2D eigenvalue weighted by molar-refractivity contribution is -0.113. The van der Waals surface area contributed by atoms with Crippen LogP contribution in [0.4, 0.5) is 11.6 Å². The van der Waals surface area contributed by atoms with Gasteiger partial charge in [0.15, 0.2) is 5.78 Å². The van der Waals surface area contributed by atoms with Gasteiger partial charge in [-0.25, -0.2) is 15.0 Å². The third kappa shape index (κ3) is 4.01. The molecule has 1 saturated heterocycles. The first-order valence-corrected chi connectivity index (χ1v) is 11.3. The van der Waals surface area contributed by atoms with Crippen molar-refractivity contribution in [1.29, 1.82) is 0 Å². The number of carbonyl (C=O) groups is 1. The Bertz CT molecular complexity index is 1210. The average molecular weight is 466 g/mol. The van der Waals surface area contributed by atoms with Crippen LogP contribution in [-0.4, -0.2) is 41.1 Å². The van der Waals surface area contributed by atoms with Crippen molar-refractivity contribution >= 4 is 46.8 Å². The van der Waals surface area contributed by atoms with Crippen molar-refractivity contribution in [1.82, 2.24) is 15.3 Å². The first kappa shape index (κ1) is 21.1. The molecule has 0 bridgehead atoms. The maximum absolute atomic E-state index is 13.0. The van der Waals surface area contributed by atoms with Gasteiger partial charge in [-0.05, 0) is 43.6 Å². The number of carbonyl (C=O) groups excluding carboxylic acids is 1. The Kier molecular flexibility index (Phi) is 5.91. The van der Waals surface area contributed by atoms with Gasteiger partial charge in [-0.2, -0.15) is 0 Å². The number of nitrogens with zero attached hydrogens (tertiary/aromatic N) is 3. The van der Waals surface area contributed by atoms with Crippen LogP contribution in [0, 0.1) is 0 Å². The van der Waals surface area contributed by atoms with Crippen LogP contribution < -0.4 is 10.6 Å². The van der Waals surface area contributed by atoms with Gasteiger partial charge in [0.2, 0.25) is 5.95 Å². The van der Waals surface area contributed by atoms with E-state index in [9.17, 15) is 4.79 Å². The number of nitrogens with one attached hydrogen (secondary N) is 2. The zero-order valence-corrected chi connectivity index (χ0v) is 18.7. The van der Waals surface area contributed by atoms with Gasteiger partial charge in [-0.3, -0.25) is 4.79 Å². The molecular formula is C24H21Cl2N5O. The number of hydrogen-bond acceptors (Lipinski definition) is 6. The zero-order chi connectivity index (χ0) is 22.1. The lowest BCUT2D eigenvalue weighted by atomic mass is 9.88. The van der Waals surface area contributed by atoms with E-state index in [0.29, 0.717) is 38.6 Å². The van der Waals surface area contributed by atoms with Crippen molar-refractivity contribution in [2.75, 3.05) is 18.4 Å². The van der Waals surface area contributed by atoms with Gasteiger partial charge in [-0.1, -0.05) is 59.6 Å². The topological polar surface area (TPSA) is 79.3 Å². The third-order valence-electron chi connectivity index (χ3n) is 5.81. The number of hydrogen-bond donors (Lipinski definition) is 2. The lowest BCUT2D eigenvalue weighted by Gasteiger charge is -2.26. The minimum atomic E-state index is -0.658. The Morgan fingerprint density at radius 3 is 2.41 bits per heavy atom. The molecule has 0 aliphatic carbocycles. The molecule has 8 heteroatoms. The monoisotopic (exact) mass is 465 g/mol. The SMILES string of the molecule is O=C1C=Nc2c(-c3ccccc3Cl)nc(NC3CCNCC3)nc2C1c1ccccc1Cl. The summed E-state index contributed by atoms with van der Waals surface area (Å²) in [5, 5.41) is 7.89. The van der Waals surface area contributed by atoms with Crippen LogP contribution >= 0.6 is 23.2 Å². The standard InChI is InChI=1S/C24H21Cl2N5O/c25-17-7-3-1-5-15(17)20-19(32)13-28-23-21(16-6-2-4-8-18(16)26)30-24(31-22(20)23)29-14-9-11-27-12-10-14/h1-8,13-14,20,27H,9-12H2,(H,29,30,31). The van der Waals surface area contributed by atoms with E-state index in [2.05, 4.69) is 15.6 Å². The molecule has 0 radical (unpaired) electrons. The highest BCUT2D eigenvalue weighted by Gasteiger charge is 2.33. The van der Waals surface area contributed by atoms with Crippen molar-refractivity contribution in [3.8, 4) is 11.3 Å². The van der Waals surface area contributed by atoms with Crippen LogP contribution in [0.2, 0.25) is 10.0 Å². The van der Waals surface area contributed by atoms with Gasteiger partial charge in [0.25, 0.3) is 0 Å². The van der Waals surface area contributed by atoms with Gasteiger partial charge in [0.05, 0.1) is 22.8 Å². The van der Waals surface area contributed by atoms with Crippen LogP contribution in [0.3, 0.4) is 0 Å². The normalized spacial score (nSPS) is 18.4. The molecule has 5 rings (SSSR count). The number of rotatable bonds is 4. The molecule has 2 aliphatic rings. The highest BCUT2D eigenvalue weighted by molar-refractivity contribution is 6.36. The second-order valence-electron chi connectivity index (χ2n) is 7.89. The summed E-state index contributed by atoms with van der Waals surface area (Å²) >= 11 is 13.0. The van der Waals surface area contributed by atoms with Gasteiger partial charge in [0.1, 0.15) is 11.4 Å². The van der Waals surface area contributed by atoms with Crippen LogP contribution in [-0.2, 0) is 4.79 Å². The number of anilines is 1. The first-order chi connectivity index (χ1) is 15.6. The second kappa shape index (κ2) is 8.98. The largest absolute Gasteiger partial charge is 0.351 e. The van der Waals surface area contributed by atoms with E-state index in [0.717, 1.165) is 31.5 Å². The Morgan fingerprint density at radius 2 is 1.66 bits per heavy atom. The fourth-order valence-corrected chi connectivity index (χ4v) is 4.67. The Hall–Kier alpha value is -2.80. The number of benzene rings is 2. The molecule has 32 heavy (non-hydrogen) atoms. The van der Waals surface area contributed by atoms with Crippen LogP contribution in [0.15, 0.2) is 53.5 Å². The molecule has 3 heterocycles. The fourth-order valence-electron chi connectivity index (χ4n) is 4.20. The smallest absolute Gasteiger partial charge is 0.223 e. The summed E-state index contributed by atoms with van der Waals surface area (Å²) < 4.78 is 0. The van der Waals surface area contributed by atoms with Crippen molar-refractivity contribution < 1.29 is 4.79 Å². The summed E-state index contributed by atoms with van der Waals surface area (Å²) in [5.41, 5.74) is 3.11. The second-order valence-corrected chi connectivity index (χ2v) is 8.71. The van der Waals surface area contributed by atoms with Crippen LogP contribution in [0.5, 0.6) is 0 Å². The van der Waals surface area contributed by atoms with E-state index in [4.69, 9.17) is 33.2 Å². The summed E-state index contributed by atoms with van der Waals surface area (Å²) in [6, 6.07) is 15.1. The van der Waals surface area contributed by atoms with Crippen molar-refractivity contribution in [3.63, 3.8) is 0 Å². The van der Waals surface area contributed by atoms with E-state index in [1.165, 1.54) is 6.21 Å². The van der Waals surface area contributed by atoms with E-state index >= 15 is 0 Å². The molecule has 3 aromatic rings. The zero-order valence-electron chi connectivity index (χ0n) is 17.2. The lowest BCUT2D eigenvalue weighted by Crippen LogP contribution is -2.36. The molecule has 6 nitrogen and oxygen atoms in total. The molecule has 0 saturated carbocycles. The molecule has 2 aliphatic heterocycles. The number of aliphatic imine (C=N–C) groups is 1. The summed E-state index contributed by atoms with van der Waals surface area (Å²) in [7, 11) is 0. The number of aromatic nitrogens is 2. The summed E-state index contributed by atoms with van der Waals surface area (Å²) in [6.45, 7) is 1.87. The molecule has 162 valence electrons. The number of halogens is 2. The van der Waals surface area contributed by atoms with E-state index in [1.807, 2.05) is 42.5 Å². The molecule has 1 unspecified atom stereocenters. The van der Waals surface area contributed by atoms with Gasteiger partial charge >= 0.3 is 0 Å². The molecule has 0 amide bonds. The fraction of sp³-hybridized carbons (Fsp3) is 0.250. The van der Waals surface area contributed by atoms with Crippen molar-refractivity contribution in [2.24, 2.45) is 4.99 Å². The minimum Gasteiger partial charge on any atom is -0.351 e. The van der Waals surface area contributed by atoms with E-state index < -0.39 is 5.92 Å². The Labute approximate surface area is 196 Å². The molecule has 0 spiro atoms. The number of piperidine rings is 1. The van der Waals surface area contributed by atoms with E-state index in [1.54, 1.807) is 6.07 Å². The van der Waals surface area contributed by atoms with Crippen molar-refractivity contribution in [2.45, 2.75) is 24.8 Å². The number of Topliss-reactive ketones (excluding diaryl/α,β-unsaturated/α-hetero) is 1. The highest BCUT2D eigenvalue weighted by atomic mass is 35.5. The minimum absolute atomic E-state index is 0.165. The highest BCUT2D eigenvalue weighted by Crippen LogP contribution is 2.43. The summed E-state index contributed by atoms with van der Waals surface area (Å²) in [6.07, 6.45) is 3.26. The number of ketones is 1. The maximum atomic E-state index is 13.0. The van der Waals surface area contributed by atoms with Crippen molar-refractivity contribution in [3.05, 3.63) is 69.8 Å². The van der Waals surface area contributed by atoms with Gasteiger partial charge < -0.3 is 10.6 Å². The number of fused-ring (bicyclic) bond motifs is 1. The maximum Gasteiger partial charge on any atom is 0.223 e. The van der Waals surface area contributed by atoms with Crippen LogP contribution in [0.25, 0.3) is 11.3 Å². The molecule has 2 N–H and O–H groups in total. The predicted octanol–water partition coefficient (Wildman–Crippen LogP) is 5.03. The molecule has 1 atom stereocenters. The first-order valence-electron chi connectivity index (χ1n) is 10.6. The van der Waals surface area contributed by atoms with Gasteiger partial charge in [-0.15, -0.1) is 0 Å². The average Bonchev–Trinajstić information content (AvgIpc) is 2.80. The summed E-state index contributed by atoms with van der Waals surface area (Å²) in [4.78, 5) is 27.0. The third-order valence-corrected chi connectivity index (χ3v) is 6.48. The van der Waals surface area contributed by atoms with Crippen LogP contribution in [0.1, 0.15) is 30.0 Å². The predicted molar refractivity (Wildman–Crippen MR) is 128 cm³/mol.